The van der Waals surface area contributed by atoms with E-state index in [2.05, 4.69) is 57.2 Å². The normalized spacial score (nSPS) is 14.9. The van der Waals surface area contributed by atoms with E-state index in [0.717, 1.165) is 0 Å². The van der Waals surface area contributed by atoms with E-state index < -0.39 is 0 Å². The maximum absolute atomic E-state index is 2.43. The van der Waals surface area contributed by atoms with Crippen molar-refractivity contribution in [2.75, 3.05) is 0 Å². The molecule has 0 radical (unpaired) electrons. The fraction of sp³-hybridized carbons (Fsp3) is 0.167. The first-order valence-electron chi connectivity index (χ1n) is 6.11. The first-order chi connectivity index (χ1) is 8.25. The molecule has 19 heavy (non-hydrogen) atoms. The molecule has 0 atom stereocenters. The second kappa shape index (κ2) is 4.85. The monoisotopic (exact) mass is 282 g/mol. The fourth-order valence-electron chi connectivity index (χ4n) is 3.21. The number of hydrogen-bond acceptors (Lipinski definition) is 0. The van der Waals surface area contributed by atoms with Gasteiger partial charge in [-0.15, -0.1) is 0 Å². The van der Waals surface area contributed by atoms with Gasteiger partial charge in [-0.1, -0.05) is 0 Å². The summed E-state index contributed by atoms with van der Waals surface area (Å²) in [5.74, 6) is 0. The molecule has 0 saturated heterocycles. The van der Waals surface area contributed by atoms with Crippen LogP contribution in [0.4, 0.5) is 0 Å². The van der Waals surface area contributed by atoms with Crippen LogP contribution in [-0.4, -0.2) is 3.81 Å². The van der Waals surface area contributed by atoms with Gasteiger partial charge in [0, 0.05) is 0 Å². The van der Waals surface area contributed by atoms with Crippen molar-refractivity contribution in [1.29, 1.82) is 0 Å². The van der Waals surface area contributed by atoms with Gasteiger partial charge >= 0.3 is 112 Å². The molecule has 1 heteroatoms. The summed E-state index contributed by atoms with van der Waals surface area (Å²) in [5.41, 5.74) is 7.42. The molecular weight excluding hydrogens is 264 g/mol. The summed E-state index contributed by atoms with van der Waals surface area (Å²) in [4.78, 5) is 0. The van der Waals surface area contributed by atoms with E-state index in [1.165, 1.54) is 49.7 Å². The van der Waals surface area contributed by atoms with Crippen molar-refractivity contribution in [2.45, 2.75) is 19.8 Å². The Morgan fingerprint density at radius 1 is 1.05 bits per heavy atom. The summed E-state index contributed by atoms with van der Waals surface area (Å²) in [6.07, 6.45) is 4.79. The summed E-state index contributed by atoms with van der Waals surface area (Å²) in [7, 11) is 0. The fourth-order valence-corrected chi connectivity index (χ4v) is 3.65. The number of benzene rings is 2. The van der Waals surface area contributed by atoms with Crippen molar-refractivity contribution in [3.63, 3.8) is 0 Å². The zero-order valence-corrected chi connectivity index (χ0v) is 13.4. The average molecular weight is 282 g/mol. The van der Waals surface area contributed by atoms with E-state index in [4.69, 9.17) is 0 Å². The first kappa shape index (κ1) is 14.4. The van der Waals surface area contributed by atoms with E-state index in [1.54, 1.807) is 5.56 Å². The predicted octanol–water partition coefficient (Wildman–Crippen LogP) is 4.32. The van der Waals surface area contributed by atoms with Crippen molar-refractivity contribution in [2.24, 2.45) is 0 Å². The maximum Gasteiger partial charge on any atom is -0.358 e. The van der Waals surface area contributed by atoms with Crippen molar-refractivity contribution >= 4 is 20.7 Å². The number of fused-ring (bicyclic) bond motifs is 2. The van der Waals surface area contributed by atoms with Gasteiger partial charge in [0.1, 0.15) is 0 Å². The van der Waals surface area contributed by atoms with Crippen LogP contribution in [-0.2, 0) is 32.8 Å². The molecular formula is C18H18Ti. The molecule has 94 valence electrons. The second-order valence-electron chi connectivity index (χ2n) is 5.04. The van der Waals surface area contributed by atoms with Crippen molar-refractivity contribution in [3.05, 3.63) is 66.9 Å². The number of hydrogen-bond donors (Lipinski definition) is 0. The number of rotatable bonds is 0. The minimum Gasteiger partial charge on any atom is -0.358 e. The average Bonchev–Trinajstić information content (AvgIpc) is 2.87. The molecule has 0 saturated carbocycles. The topological polar surface area (TPSA) is 0 Å². The molecule has 2 aromatic rings. The number of aryl methyl sites for hydroxylation is 2. The van der Waals surface area contributed by atoms with Crippen LogP contribution in [0.25, 0.3) is 16.8 Å². The van der Waals surface area contributed by atoms with E-state index >= 15 is 0 Å². The van der Waals surface area contributed by atoms with E-state index in [9.17, 15) is 0 Å². The van der Waals surface area contributed by atoms with Crippen LogP contribution < -0.4 is 0 Å². The molecule has 2 aliphatic carbocycles. The van der Waals surface area contributed by atoms with Crippen molar-refractivity contribution < 1.29 is 20.0 Å². The molecule has 2 aromatic carbocycles. The summed E-state index contributed by atoms with van der Waals surface area (Å²) in [6.45, 7) is 2.22. The summed E-state index contributed by atoms with van der Waals surface area (Å²) in [6, 6.07) is 9.21. The van der Waals surface area contributed by atoms with Gasteiger partial charge in [0.25, 0.3) is 0 Å². The molecule has 0 fully saturated rings. The van der Waals surface area contributed by atoms with Gasteiger partial charge in [0.2, 0.25) is 0 Å². The Balaban J connectivity index is 0.000000667. The molecule has 0 N–H and O–H groups in total. The van der Waals surface area contributed by atoms with Gasteiger partial charge in [-0.05, 0) is 0 Å². The van der Waals surface area contributed by atoms with Crippen LogP contribution in [0, 0.1) is 14.9 Å². The standard InChI is InChI=1S/C16H12.2CH3.Ti/c1-10-7-13-9-12-6-5-11-3-2-4-14(16(11)12)15(13)8-10;;;/h2-4,8-9H,5-6H2,1H3;2*1H3;/q;2*-1;+2. The third-order valence-electron chi connectivity index (χ3n) is 4.06. The van der Waals surface area contributed by atoms with Gasteiger partial charge in [0.15, 0.2) is 0 Å². The largest absolute Gasteiger partial charge is 0.358 e. The summed E-state index contributed by atoms with van der Waals surface area (Å²) in [5, 5.41) is 2.99. The van der Waals surface area contributed by atoms with E-state index in [-0.39, 0.29) is 14.9 Å². The minimum atomic E-state index is 0. The Morgan fingerprint density at radius 3 is 2.58 bits per heavy atom. The Kier molecular flexibility index (Phi) is 3.68. The van der Waals surface area contributed by atoms with Crippen LogP contribution in [0.3, 0.4) is 0 Å². The van der Waals surface area contributed by atoms with Gasteiger partial charge in [-0.3, -0.25) is 0 Å². The van der Waals surface area contributed by atoms with Gasteiger partial charge in [0.05, 0.1) is 0 Å². The molecule has 2 aliphatic rings. The Hall–Kier alpha value is -0.976. The molecule has 0 unspecified atom stereocenters. The maximum atomic E-state index is 2.43. The molecule has 0 bridgehead atoms. The summed E-state index contributed by atoms with van der Waals surface area (Å²) >= 11 is 2.25. The van der Waals surface area contributed by atoms with E-state index in [0.29, 0.717) is 0 Å². The van der Waals surface area contributed by atoms with Crippen LogP contribution in [0.1, 0.15) is 29.2 Å². The molecule has 0 amide bonds. The molecule has 0 heterocycles. The zero-order chi connectivity index (χ0) is 11.6. The molecule has 0 aliphatic heterocycles. The van der Waals surface area contributed by atoms with Crippen LogP contribution >= 0.6 is 0 Å². The molecule has 0 nitrogen and oxygen atoms in total. The van der Waals surface area contributed by atoms with Crippen LogP contribution in [0.15, 0.2) is 29.8 Å². The molecule has 0 spiro atoms. The third-order valence-corrected chi connectivity index (χ3v) is 5.10. The second-order valence-corrected chi connectivity index (χ2v) is 5.82. The Bertz CT molecular complexity index is 720. The van der Waals surface area contributed by atoms with E-state index in [1.807, 2.05) is 0 Å². The molecule has 0 aromatic heterocycles. The smallest absolute Gasteiger partial charge is 0.358 e. The summed E-state index contributed by atoms with van der Waals surface area (Å²) < 4.78 is 1.45. The first-order valence-corrected chi connectivity index (χ1v) is 6.89. The van der Waals surface area contributed by atoms with Crippen LogP contribution in [0.2, 0.25) is 0 Å². The van der Waals surface area contributed by atoms with Gasteiger partial charge in [-0.25, -0.2) is 0 Å². The Labute approximate surface area is 127 Å². The van der Waals surface area contributed by atoms with Gasteiger partial charge < -0.3 is 14.9 Å². The van der Waals surface area contributed by atoms with Crippen LogP contribution in [0.5, 0.6) is 0 Å². The van der Waals surface area contributed by atoms with Gasteiger partial charge in [-0.2, -0.15) is 0 Å². The zero-order valence-electron chi connectivity index (χ0n) is 11.8. The molecule has 4 rings (SSSR count). The minimum absolute atomic E-state index is 0. The quantitative estimate of drug-likeness (QED) is 0.498. The predicted molar refractivity (Wildman–Crippen MR) is 81.9 cm³/mol. The number of allylic oxidation sites excluding steroid dienone is 1. The third kappa shape index (κ3) is 1.81. The Morgan fingerprint density at radius 2 is 1.79 bits per heavy atom. The van der Waals surface area contributed by atoms with Crippen molar-refractivity contribution in [1.82, 2.24) is 0 Å². The SMILES string of the molecule is CC1=Cc2c(cc3c4c(cccc24)CC3)[C]1=[Ti+2].[CH3-].[CH3-]. The van der Waals surface area contributed by atoms with Crippen molar-refractivity contribution in [3.8, 4) is 0 Å².